The van der Waals surface area contributed by atoms with E-state index in [1.165, 1.54) is 7.11 Å². The van der Waals surface area contributed by atoms with Gasteiger partial charge in [-0.25, -0.2) is 4.98 Å². The summed E-state index contributed by atoms with van der Waals surface area (Å²) in [6.07, 6.45) is 5.92. The topological polar surface area (TPSA) is 60.5 Å². The molecule has 0 radical (unpaired) electrons. The van der Waals surface area contributed by atoms with Gasteiger partial charge in [-0.3, -0.25) is 4.79 Å². The lowest BCUT2D eigenvalue weighted by Crippen LogP contribution is -2.17. The first kappa shape index (κ1) is 20.4. The maximum absolute atomic E-state index is 12.7. The van der Waals surface area contributed by atoms with Crippen molar-refractivity contribution in [1.29, 1.82) is 0 Å². The van der Waals surface area contributed by atoms with Crippen LogP contribution in [-0.4, -0.2) is 25.1 Å². The van der Waals surface area contributed by atoms with Crippen molar-refractivity contribution in [3.8, 4) is 22.1 Å². The van der Waals surface area contributed by atoms with Gasteiger partial charge >= 0.3 is 0 Å². The van der Waals surface area contributed by atoms with Gasteiger partial charge in [0.1, 0.15) is 5.01 Å². The molecule has 6 heteroatoms. The van der Waals surface area contributed by atoms with Crippen LogP contribution in [0.15, 0.2) is 54.6 Å². The minimum Gasteiger partial charge on any atom is -0.493 e. The molecular formula is C23H22N2O3S. The van der Waals surface area contributed by atoms with Crippen LogP contribution in [0.1, 0.15) is 17.3 Å². The number of rotatable bonds is 6. The van der Waals surface area contributed by atoms with Crippen molar-refractivity contribution in [3.05, 3.63) is 70.1 Å². The monoisotopic (exact) mass is 406 g/mol. The Morgan fingerprint density at radius 3 is 2.66 bits per heavy atom. The predicted octanol–water partition coefficient (Wildman–Crippen LogP) is 3.85. The van der Waals surface area contributed by atoms with Gasteiger partial charge in [-0.05, 0) is 43.3 Å². The molecule has 5 nitrogen and oxygen atoms in total. The largest absolute Gasteiger partial charge is 0.493 e. The number of aromatic nitrogens is 1. The summed E-state index contributed by atoms with van der Waals surface area (Å²) in [6, 6.07) is 12.6. The first-order valence-electron chi connectivity index (χ1n) is 8.98. The summed E-state index contributed by atoms with van der Waals surface area (Å²) in [5.41, 5.74) is 2.08. The van der Waals surface area contributed by atoms with E-state index in [0.29, 0.717) is 22.7 Å². The second-order valence-electron chi connectivity index (χ2n) is 6.13. The highest BCUT2D eigenvalue weighted by atomic mass is 32.1. The van der Waals surface area contributed by atoms with Crippen molar-refractivity contribution in [1.82, 2.24) is 4.98 Å². The van der Waals surface area contributed by atoms with Crippen LogP contribution < -0.4 is 24.7 Å². The van der Waals surface area contributed by atoms with Crippen LogP contribution in [0.5, 0.6) is 11.5 Å². The third-order valence-electron chi connectivity index (χ3n) is 4.18. The zero-order valence-electron chi connectivity index (χ0n) is 16.6. The number of benzene rings is 2. The zero-order chi connectivity index (χ0) is 20.8. The maximum atomic E-state index is 12.7. The molecule has 29 heavy (non-hydrogen) atoms. The summed E-state index contributed by atoms with van der Waals surface area (Å²) < 4.78 is 11.5. The number of amides is 1. The number of hydrogen-bond donors (Lipinski definition) is 1. The number of ether oxygens (including phenoxy) is 2. The van der Waals surface area contributed by atoms with Gasteiger partial charge in [-0.2, -0.15) is 0 Å². The van der Waals surface area contributed by atoms with E-state index in [9.17, 15) is 4.79 Å². The van der Waals surface area contributed by atoms with Crippen molar-refractivity contribution in [2.24, 2.45) is 0 Å². The average molecular weight is 407 g/mol. The van der Waals surface area contributed by atoms with Crippen molar-refractivity contribution in [3.63, 3.8) is 0 Å². The Morgan fingerprint density at radius 2 is 1.93 bits per heavy atom. The molecule has 0 aliphatic heterocycles. The van der Waals surface area contributed by atoms with Crippen LogP contribution in [0, 0.1) is 0 Å². The Balaban J connectivity index is 1.85. The quantitative estimate of drug-likeness (QED) is 0.676. The molecule has 0 fully saturated rings. The molecule has 1 heterocycles. The van der Waals surface area contributed by atoms with Gasteiger partial charge in [0.25, 0.3) is 5.91 Å². The summed E-state index contributed by atoms with van der Waals surface area (Å²) in [4.78, 5) is 17.2. The zero-order valence-corrected chi connectivity index (χ0v) is 17.4. The first-order valence-corrected chi connectivity index (χ1v) is 9.80. The van der Waals surface area contributed by atoms with E-state index in [1.54, 1.807) is 36.6 Å². The maximum Gasteiger partial charge on any atom is 0.255 e. The van der Waals surface area contributed by atoms with Crippen molar-refractivity contribution >= 4 is 35.6 Å². The highest BCUT2D eigenvalue weighted by Crippen LogP contribution is 2.28. The first-order chi connectivity index (χ1) is 14.0. The molecule has 3 aromatic rings. The Bertz CT molecular complexity index is 1170. The SMILES string of the molecule is C=c1nc(-c2cccc(NC(=O)c3ccc(OC)c(OC)c3)c2)s/c1=C/C=C\C. The molecule has 1 N–H and O–H groups in total. The minimum absolute atomic E-state index is 0.234. The molecule has 0 atom stereocenters. The molecule has 0 aliphatic carbocycles. The number of hydrogen-bond acceptors (Lipinski definition) is 5. The fraction of sp³-hybridized carbons (Fsp3) is 0.130. The number of nitrogens with one attached hydrogen (secondary N) is 1. The fourth-order valence-corrected chi connectivity index (χ4v) is 3.63. The molecule has 1 aromatic heterocycles. The molecule has 3 rings (SSSR count). The number of methoxy groups -OCH3 is 2. The van der Waals surface area contributed by atoms with E-state index >= 15 is 0 Å². The van der Waals surface area contributed by atoms with E-state index in [4.69, 9.17) is 9.47 Å². The standard InChI is InChI=1S/C23H22N2O3S/c1-5-6-10-21-15(2)24-23(29-21)17-8-7-9-18(13-17)25-22(26)16-11-12-19(27-3)20(14-16)28-4/h5-14H,2H2,1,3-4H3,(H,25,26)/b6-5-,21-10+. The van der Waals surface area contributed by atoms with Gasteiger partial charge in [0.05, 0.1) is 24.1 Å². The summed E-state index contributed by atoms with van der Waals surface area (Å²) in [5.74, 6) is 0.844. The van der Waals surface area contributed by atoms with Gasteiger partial charge in [-0.1, -0.05) is 30.9 Å². The fourth-order valence-electron chi connectivity index (χ4n) is 2.71. The number of thiazole rings is 1. The van der Waals surface area contributed by atoms with E-state index in [2.05, 4.69) is 16.9 Å². The lowest BCUT2D eigenvalue weighted by molar-refractivity contribution is 0.102. The number of carbonyl (C=O) groups excluding carboxylic acids is 1. The van der Waals surface area contributed by atoms with Crippen LogP contribution in [0.4, 0.5) is 5.69 Å². The summed E-state index contributed by atoms with van der Waals surface area (Å²) >= 11 is 1.56. The Kier molecular flexibility index (Phi) is 6.46. The Hall–Kier alpha value is -3.38. The second-order valence-corrected chi connectivity index (χ2v) is 7.16. The van der Waals surface area contributed by atoms with Crippen LogP contribution in [0.2, 0.25) is 0 Å². The molecule has 0 bridgehead atoms. The predicted molar refractivity (Wildman–Crippen MR) is 119 cm³/mol. The number of nitrogens with zero attached hydrogens (tertiary/aromatic N) is 1. The highest BCUT2D eigenvalue weighted by Gasteiger charge is 2.12. The van der Waals surface area contributed by atoms with Crippen molar-refractivity contribution < 1.29 is 14.3 Å². The lowest BCUT2D eigenvalue weighted by atomic mass is 10.1. The van der Waals surface area contributed by atoms with Gasteiger partial charge < -0.3 is 14.8 Å². The molecule has 0 saturated heterocycles. The van der Waals surface area contributed by atoms with E-state index in [-0.39, 0.29) is 5.91 Å². The Labute approximate surface area is 173 Å². The van der Waals surface area contributed by atoms with Crippen LogP contribution >= 0.6 is 11.3 Å². The van der Waals surface area contributed by atoms with E-state index in [1.807, 2.05) is 49.4 Å². The molecule has 0 spiro atoms. The van der Waals surface area contributed by atoms with Gasteiger partial charge in [-0.15, -0.1) is 11.3 Å². The minimum atomic E-state index is -0.234. The molecule has 1 amide bonds. The van der Waals surface area contributed by atoms with Gasteiger partial charge in [0.15, 0.2) is 11.5 Å². The highest BCUT2D eigenvalue weighted by molar-refractivity contribution is 7.13. The molecule has 0 unspecified atom stereocenters. The van der Waals surface area contributed by atoms with Crippen LogP contribution in [0.25, 0.3) is 23.2 Å². The summed E-state index contributed by atoms with van der Waals surface area (Å²) in [6.45, 7) is 5.97. The lowest BCUT2D eigenvalue weighted by Gasteiger charge is -2.10. The van der Waals surface area contributed by atoms with Crippen molar-refractivity contribution in [2.45, 2.75) is 6.92 Å². The smallest absolute Gasteiger partial charge is 0.255 e. The third kappa shape index (κ3) is 4.73. The number of allylic oxidation sites excluding steroid dienone is 2. The molecule has 148 valence electrons. The van der Waals surface area contributed by atoms with E-state index < -0.39 is 0 Å². The van der Waals surface area contributed by atoms with Gasteiger partial charge in [0.2, 0.25) is 0 Å². The average Bonchev–Trinajstić information content (AvgIpc) is 3.12. The normalized spacial score (nSPS) is 11.6. The third-order valence-corrected chi connectivity index (χ3v) is 5.29. The second kappa shape index (κ2) is 9.21. The van der Waals surface area contributed by atoms with Crippen LogP contribution in [0.3, 0.4) is 0 Å². The summed E-state index contributed by atoms with van der Waals surface area (Å²) in [5, 5.41) is 4.51. The summed E-state index contributed by atoms with van der Waals surface area (Å²) in [7, 11) is 3.09. The molecular weight excluding hydrogens is 384 g/mol. The molecule has 2 aromatic carbocycles. The van der Waals surface area contributed by atoms with E-state index in [0.717, 1.165) is 20.5 Å². The van der Waals surface area contributed by atoms with Crippen LogP contribution in [-0.2, 0) is 0 Å². The Morgan fingerprint density at radius 1 is 1.14 bits per heavy atom. The van der Waals surface area contributed by atoms with Crippen molar-refractivity contribution in [2.75, 3.05) is 19.5 Å². The number of anilines is 1. The van der Waals surface area contributed by atoms with Gasteiger partial charge in [0, 0.05) is 16.8 Å². The number of carbonyl (C=O) groups is 1. The molecule has 0 aliphatic rings. The molecule has 0 saturated carbocycles.